The van der Waals surface area contributed by atoms with E-state index in [0.29, 0.717) is 18.3 Å². The van der Waals surface area contributed by atoms with Gasteiger partial charge in [-0.2, -0.15) is 4.98 Å². The van der Waals surface area contributed by atoms with Crippen LogP contribution in [-0.4, -0.2) is 116 Å². The number of carboxylic acid groups (broad SMARTS) is 1. The van der Waals surface area contributed by atoms with Crippen LogP contribution in [-0.2, 0) is 20.8 Å². The van der Waals surface area contributed by atoms with Gasteiger partial charge in [-0.15, -0.1) is 0 Å². The van der Waals surface area contributed by atoms with Crippen LogP contribution < -0.4 is 21.6 Å². The van der Waals surface area contributed by atoms with E-state index < -0.39 is 40.6 Å². The molecule has 4 N–H and O–H groups in total. The lowest BCUT2D eigenvalue weighted by Crippen LogP contribution is -2.63. The first kappa shape index (κ1) is 39.5. The summed E-state index contributed by atoms with van der Waals surface area (Å²) in [5.74, 6) is -0.262. The minimum atomic E-state index is -1.39. The zero-order valence-electron chi connectivity index (χ0n) is 31.8. The van der Waals surface area contributed by atoms with Gasteiger partial charge in [0, 0.05) is 56.4 Å². The van der Waals surface area contributed by atoms with Crippen LogP contribution in [0.4, 0.5) is 20.2 Å². The zero-order valence-corrected chi connectivity index (χ0v) is 31.8. The van der Waals surface area contributed by atoms with Crippen LogP contribution in [0.1, 0.15) is 79.7 Å². The van der Waals surface area contributed by atoms with Gasteiger partial charge in [-0.1, -0.05) is 32.9 Å². The predicted octanol–water partition coefficient (Wildman–Crippen LogP) is 3.98. The molecule has 5 amide bonds. The minimum absolute atomic E-state index is 0.0563. The van der Waals surface area contributed by atoms with E-state index in [0.717, 1.165) is 36.1 Å². The molecular weight excluding hydrogens is 684 g/mol. The van der Waals surface area contributed by atoms with Gasteiger partial charge in [-0.05, 0) is 77.1 Å². The number of ether oxygens (including phenoxy) is 2. The fourth-order valence-electron chi connectivity index (χ4n) is 7.02. The molecule has 3 aliphatic rings. The summed E-state index contributed by atoms with van der Waals surface area (Å²) in [4.78, 5) is 72.2. The molecule has 1 aromatic carbocycles. The Hall–Kier alpha value is -4.70. The average Bonchev–Trinajstić information content (AvgIpc) is 3.46. The minimum Gasteiger partial charge on any atom is -0.465 e. The molecule has 16 nitrogen and oxygen atoms in total. The first-order valence-corrected chi connectivity index (χ1v) is 18.3. The molecule has 1 aromatic heterocycles. The Balaban J connectivity index is 1.08. The number of rotatable bonds is 7. The van der Waals surface area contributed by atoms with Gasteiger partial charge in [0.25, 0.3) is 5.91 Å². The summed E-state index contributed by atoms with van der Waals surface area (Å²) in [7, 11) is 0. The summed E-state index contributed by atoms with van der Waals surface area (Å²) in [5, 5.41) is 19.2. The molecule has 290 valence electrons. The Morgan fingerprint density at radius 1 is 0.925 bits per heavy atom. The fourth-order valence-corrected chi connectivity index (χ4v) is 7.02. The number of nitrogens with zero attached hydrogens (tertiary/aromatic N) is 5. The second-order valence-electron chi connectivity index (χ2n) is 16.4. The number of piperazine rings is 1. The van der Waals surface area contributed by atoms with Crippen LogP contribution in [0.2, 0.25) is 0 Å². The maximum atomic E-state index is 13.6. The lowest BCUT2D eigenvalue weighted by molar-refractivity contribution is -0.143. The van der Waals surface area contributed by atoms with Crippen molar-refractivity contribution >= 4 is 29.9 Å². The van der Waals surface area contributed by atoms with Gasteiger partial charge in [-0.3, -0.25) is 19.6 Å². The van der Waals surface area contributed by atoms with Crippen molar-refractivity contribution in [2.75, 3.05) is 38.1 Å². The number of benzene rings is 1. The van der Waals surface area contributed by atoms with E-state index >= 15 is 0 Å². The van der Waals surface area contributed by atoms with E-state index in [2.05, 4.69) is 20.9 Å². The summed E-state index contributed by atoms with van der Waals surface area (Å²) < 4.78 is 12.6. The van der Waals surface area contributed by atoms with Gasteiger partial charge in [-0.25, -0.2) is 19.2 Å². The number of anilines is 1. The number of amides is 5. The van der Waals surface area contributed by atoms with Gasteiger partial charge in [0.2, 0.25) is 0 Å². The summed E-state index contributed by atoms with van der Waals surface area (Å²) in [5.41, 5.74) is -1.29. The number of urea groups is 1. The van der Waals surface area contributed by atoms with Gasteiger partial charge in [0.15, 0.2) is 0 Å². The highest BCUT2D eigenvalue weighted by atomic mass is 16.6. The highest BCUT2D eigenvalue weighted by Gasteiger charge is 2.56. The topological polar surface area (TPSA) is 188 Å². The molecule has 1 saturated carbocycles. The molecule has 0 spiro atoms. The maximum absolute atomic E-state index is 13.6. The standard InChI is InChI=1S/C37H54N8O8/c1-35(2,3)30-45(34(50)51)37(7,23-52-30)29(46)42-18-20-43(21-19-42)31(47)40-28-16-17-44(32(48)41-28)27-14-8-24(9-15-27)22-38-25-10-12-26(13-11-25)39-33(49)53-36(4,5)6/h8-9,14-17,25-26,30,38H,10-13,18-23H2,1-7H3,(H,39,49)(H,50,51)(H,40,41,47,48)/t25-,26-,30-,37+/m1/s1. The summed E-state index contributed by atoms with van der Waals surface area (Å²) in [6, 6.07) is 9.14. The lowest BCUT2D eigenvalue weighted by Gasteiger charge is -2.42. The molecule has 16 heteroatoms. The van der Waals surface area contributed by atoms with Gasteiger partial charge < -0.3 is 35.0 Å². The van der Waals surface area contributed by atoms with E-state index in [4.69, 9.17) is 9.47 Å². The van der Waals surface area contributed by atoms with Crippen LogP contribution in [0.25, 0.3) is 5.69 Å². The number of aromatic nitrogens is 2. The molecule has 2 aromatic rings. The molecule has 0 bridgehead atoms. The molecule has 2 aliphatic heterocycles. The summed E-state index contributed by atoms with van der Waals surface area (Å²) in [6.45, 7) is 14.2. The van der Waals surface area contributed by atoms with Crippen LogP contribution >= 0.6 is 0 Å². The molecule has 53 heavy (non-hydrogen) atoms. The smallest absolute Gasteiger partial charge is 0.410 e. The first-order valence-electron chi connectivity index (χ1n) is 18.3. The van der Waals surface area contributed by atoms with E-state index in [-0.39, 0.29) is 56.6 Å². The van der Waals surface area contributed by atoms with Crippen LogP contribution in [0.15, 0.2) is 41.3 Å². The molecule has 2 atom stereocenters. The van der Waals surface area contributed by atoms with Crippen molar-refractivity contribution in [3.63, 3.8) is 0 Å². The van der Waals surface area contributed by atoms with Crippen molar-refractivity contribution in [1.82, 2.24) is 34.9 Å². The molecule has 5 rings (SSSR count). The third-order valence-corrected chi connectivity index (χ3v) is 9.85. The highest BCUT2D eigenvalue weighted by Crippen LogP contribution is 2.38. The monoisotopic (exact) mass is 738 g/mol. The summed E-state index contributed by atoms with van der Waals surface area (Å²) >= 11 is 0. The number of alkyl carbamates (subject to hydrolysis) is 1. The quantitative estimate of drug-likeness (QED) is 0.324. The Labute approximate surface area is 310 Å². The van der Waals surface area contributed by atoms with Crippen molar-refractivity contribution in [2.45, 2.75) is 110 Å². The lowest BCUT2D eigenvalue weighted by atomic mass is 9.91. The Kier molecular flexibility index (Phi) is 11.7. The highest BCUT2D eigenvalue weighted by molar-refractivity contribution is 5.91. The first-order chi connectivity index (χ1) is 24.8. The molecule has 2 saturated heterocycles. The van der Waals surface area contributed by atoms with Crippen molar-refractivity contribution in [2.24, 2.45) is 5.41 Å². The molecule has 3 fully saturated rings. The van der Waals surface area contributed by atoms with Gasteiger partial charge in [0.05, 0.1) is 12.3 Å². The van der Waals surface area contributed by atoms with Crippen molar-refractivity contribution in [3.05, 3.63) is 52.6 Å². The SMILES string of the molecule is CC(C)(C)OC(=O)N[C@H]1CC[C@H](NCc2ccc(-n3ccc(NC(=O)N4CCN(C(=O)[C@]5(C)CO[C@H](C(C)(C)C)N5C(=O)O)CC4)nc3=O)cc2)CC1. The summed E-state index contributed by atoms with van der Waals surface area (Å²) in [6.07, 6.45) is 2.83. The predicted molar refractivity (Wildman–Crippen MR) is 197 cm³/mol. The Morgan fingerprint density at radius 3 is 2.09 bits per heavy atom. The number of hydrogen-bond acceptors (Lipinski definition) is 9. The molecule has 1 aliphatic carbocycles. The third-order valence-electron chi connectivity index (χ3n) is 9.85. The fraction of sp³-hybridized carbons (Fsp3) is 0.622. The molecule has 0 radical (unpaired) electrons. The van der Waals surface area contributed by atoms with Gasteiger partial charge >= 0.3 is 23.9 Å². The second-order valence-corrected chi connectivity index (χ2v) is 16.4. The number of carbonyl (C=O) groups excluding carboxylic acids is 3. The van der Waals surface area contributed by atoms with Crippen LogP contribution in [0, 0.1) is 5.41 Å². The number of carbonyl (C=O) groups is 4. The van der Waals surface area contributed by atoms with Crippen molar-refractivity contribution in [3.8, 4) is 5.69 Å². The van der Waals surface area contributed by atoms with Crippen molar-refractivity contribution < 1.29 is 33.8 Å². The van der Waals surface area contributed by atoms with E-state index in [1.807, 2.05) is 65.8 Å². The Morgan fingerprint density at radius 2 is 1.53 bits per heavy atom. The third kappa shape index (κ3) is 9.65. The van der Waals surface area contributed by atoms with Crippen LogP contribution in [0.5, 0.6) is 0 Å². The largest absolute Gasteiger partial charge is 0.465 e. The van der Waals surface area contributed by atoms with E-state index in [9.17, 15) is 29.1 Å². The molecular formula is C37H54N8O8. The Bertz CT molecular complexity index is 1700. The van der Waals surface area contributed by atoms with E-state index in [1.165, 1.54) is 9.47 Å². The van der Waals surface area contributed by atoms with Gasteiger partial charge in [0.1, 0.15) is 23.2 Å². The van der Waals surface area contributed by atoms with Crippen LogP contribution in [0.3, 0.4) is 0 Å². The zero-order chi connectivity index (χ0) is 38.7. The number of hydrogen-bond donors (Lipinski definition) is 4. The molecule has 0 unspecified atom stereocenters. The normalized spacial score (nSPS) is 23.8. The molecule has 3 heterocycles. The van der Waals surface area contributed by atoms with Crippen molar-refractivity contribution in [1.29, 1.82) is 0 Å². The van der Waals surface area contributed by atoms with E-state index in [1.54, 1.807) is 24.1 Å². The number of nitrogens with one attached hydrogen (secondary N) is 3. The second kappa shape index (κ2) is 15.7. The maximum Gasteiger partial charge on any atom is 0.410 e. The average molecular weight is 739 g/mol.